The van der Waals surface area contributed by atoms with E-state index in [9.17, 15) is 9.90 Å². The number of nitrogens with zero attached hydrogens (tertiary/aromatic N) is 1. The van der Waals surface area contributed by atoms with Crippen molar-refractivity contribution in [3.63, 3.8) is 0 Å². The monoisotopic (exact) mass is 375 g/mol. The molecule has 0 aliphatic carbocycles. The van der Waals surface area contributed by atoms with Gasteiger partial charge in [-0.25, -0.2) is 0 Å². The Morgan fingerprint density at radius 3 is 2.52 bits per heavy atom. The standard InChI is InChI=1S/C23H21NO2S/c1-2-7-22(25)24(15-18-14-17-9-4-6-11-21(17)27-18)20-13-12-16-8-3-5-10-19(16)23(20)26/h3-6,8-14,26H,2,7,15H2,1H3. The molecule has 1 aromatic heterocycles. The Bertz CT molecular complexity index is 1080. The summed E-state index contributed by atoms with van der Waals surface area (Å²) in [6, 6.07) is 21.8. The van der Waals surface area contributed by atoms with Crippen LogP contribution in [0.25, 0.3) is 20.9 Å². The first-order valence-electron chi connectivity index (χ1n) is 9.16. The van der Waals surface area contributed by atoms with Crippen LogP contribution in [0, 0.1) is 0 Å². The van der Waals surface area contributed by atoms with E-state index in [0.717, 1.165) is 22.1 Å². The molecule has 0 radical (unpaired) electrons. The first-order chi connectivity index (χ1) is 13.2. The van der Waals surface area contributed by atoms with Crippen LogP contribution in [0.1, 0.15) is 24.6 Å². The third-order valence-corrected chi connectivity index (χ3v) is 5.83. The van der Waals surface area contributed by atoms with Gasteiger partial charge in [0, 0.05) is 21.4 Å². The number of carbonyl (C=O) groups is 1. The van der Waals surface area contributed by atoms with Gasteiger partial charge in [-0.15, -0.1) is 11.3 Å². The Morgan fingerprint density at radius 2 is 1.74 bits per heavy atom. The number of carbonyl (C=O) groups excluding carboxylic acids is 1. The first-order valence-corrected chi connectivity index (χ1v) is 9.97. The van der Waals surface area contributed by atoms with E-state index in [0.29, 0.717) is 18.7 Å². The molecule has 0 saturated heterocycles. The molecule has 1 N–H and O–H groups in total. The lowest BCUT2D eigenvalue weighted by molar-refractivity contribution is -0.118. The second-order valence-electron chi connectivity index (χ2n) is 6.63. The maximum absolute atomic E-state index is 12.9. The molecule has 27 heavy (non-hydrogen) atoms. The highest BCUT2D eigenvalue weighted by Gasteiger charge is 2.21. The molecule has 0 fully saturated rings. The van der Waals surface area contributed by atoms with Crippen molar-refractivity contribution in [3.05, 3.63) is 71.6 Å². The van der Waals surface area contributed by atoms with E-state index < -0.39 is 0 Å². The van der Waals surface area contributed by atoms with Gasteiger partial charge in [-0.2, -0.15) is 0 Å². The van der Waals surface area contributed by atoms with E-state index in [2.05, 4.69) is 18.2 Å². The topological polar surface area (TPSA) is 40.5 Å². The summed E-state index contributed by atoms with van der Waals surface area (Å²) in [5.41, 5.74) is 0.574. The van der Waals surface area contributed by atoms with Crippen LogP contribution in [-0.4, -0.2) is 11.0 Å². The lowest BCUT2D eigenvalue weighted by Gasteiger charge is -2.24. The maximum Gasteiger partial charge on any atom is 0.227 e. The van der Waals surface area contributed by atoms with Gasteiger partial charge in [0.15, 0.2) is 0 Å². The maximum atomic E-state index is 12.9. The van der Waals surface area contributed by atoms with E-state index >= 15 is 0 Å². The third-order valence-electron chi connectivity index (χ3n) is 4.73. The molecule has 4 rings (SSSR count). The summed E-state index contributed by atoms with van der Waals surface area (Å²) in [6.45, 7) is 2.46. The van der Waals surface area contributed by atoms with Gasteiger partial charge in [0.2, 0.25) is 5.91 Å². The molecule has 3 nitrogen and oxygen atoms in total. The van der Waals surface area contributed by atoms with Gasteiger partial charge in [0.05, 0.1) is 12.2 Å². The first kappa shape index (κ1) is 17.6. The second kappa shape index (κ2) is 7.41. The molecule has 0 unspecified atom stereocenters. The predicted octanol–water partition coefficient (Wildman–Crippen LogP) is 6.09. The van der Waals surface area contributed by atoms with E-state index in [4.69, 9.17) is 0 Å². The fraction of sp³-hybridized carbons (Fsp3) is 0.174. The Morgan fingerprint density at radius 1 is 1.00 bits per heavy atom. The van der Waals surface area contributed by atoms with Crippen molar-refractivity contribution < 1.29 is 9.90 Å². The molecule has 0 atom stereocenters. The van der Waals surface area contributed by atoms with Gasteiger partial charge in [-0.1, -0.05) is 55.5 Å². The summed E-state index contributed by atoms with van der Waals surface area (Å²) in [5, 5.41) is 13.8. The molecular weight excluding hydrogens is 354 g/mol. The Balaban J connectivity index is 1.77. The van der Waals surface area contributed by atoms with Gasteiger partial charge in [0.25, 0.3) is 0 Å². The number of hydrogen-bond donors (Lipinski definition) is 1. The number of hydrogen-bond acceptors (Lipinski definition) is 3. The minimum Gasteiger partial charge on any atom is -0.505 e. The highest BCUT2D eigenvalue weighted by atomic mass is 32.1. The van der Waals surface area contributed by atoms with E-state index in [1.54, 1.807) is 16.2 Å². The molecule has 1 amide bonds. The number of benzene rings is 3. The average Bonchev–Trinajstić information content (AvgIpc) is 3.10. The molecule has 3 aromatic carbocycles. The van der Waals surface area contributed by atoms with E-state index in [1.165, 1.54) is 10.1 Å². The number of anilines is 1. The van der Waals surface area contributed by atoms with Gasteiger partial charge >= 0.3 is 0 Å². The summed E-state index contributed by atoms with van der Waals surface area (Å²) < 4.78 is 1.21. The molecule has 0 aliphatic heterocycles. The fourth-order valence-electron chi connectivity index (χ4n) is 3.39. The fourth-order valence-corrected chi connectivity index (χ4v) is 4.44. The highest BCUT2D eigenvalue weighted by molar-refractivity contribution is 7.19. The summed E-state index contributed by atoms with van der Waals surface area (Å²) in [4.78, 5) is 15.7. The van der Waals surface area contributed by atoms with Crippen LogP contribution in [0.5, 0.6) is 5.75 Å². The van der Waals surface area contributed by atoms with Crippen molar-refractivity contribution in [2.75, 3.05) is 4.90 Å². The Hall–Kier alpha value is -2.85. The summed E-state index contributed by atoms with van der Waals surface area (Å²) in [6.07, 6.45) is 1.23. The minimum absolute atomic E-state index is 0.0283. The summed E-state index contributed by atoms with van der Waals surface area (Å²) >= 11 is 1.69. The van der Waals surface area contributed by atoms with Crippen LogP contribution in [0.15, 0.2) is 66.7 Å². The lowest BCUT2D eigenvalue weighted by atomic mass is 10.1. The van der Waals surface area contributed by atoms with Crippen LogP contribution in [0.4, 0.5) is 5.69 Å². The van der Waals surface area contributed by atoms with Crippen LogP contribution in [0.2, 0.25) is 0 Å². The average molecular weight is 375 g/mol. The summed E-state index contributed by atoms with van der Waals surface area (Å²) in [7, 11) is 0. The number of aromatic hydroxyl groups is 1. The number of phenols is 1. The van der Waals surface area contributed by atoms with Crippen LogP contribution in [-0.2, 0) is 11.3 Å². The van der Waals surface area contributed by atoms with Crippen molar-refractivity contribution in [3.8, 4) is 5.75 Å². The zero-order chi connectivity index (χ0) is 18.8. The number of amides is 1. The molecule has 1 heterocycles. The second-order valence-corrected chi connectivity index (χ2v) is 7.80. The van der Waals surface area contributed by atoms with Crippen LogP contribution in [0.3, 0.4) is 0 Å². The summed E-state index contributed by atoms with van der Waals surface area (Å²) in [5.74, 6) is 0.194. The van der Waals surface area contributed by atoms with Gasteiger partial charge < -0.3 is 10.0 Å². The molecule has 4 heteroatoms. The van der Waals surface area contributed by atoms with Crippen molar-refractivity contribution in [2.24, 2.45) is 0 Å². The van der Waals surface area contributed by atoms with Gasteiger partial charge in [-0.3, -0.25) is 4.79 Å². The lowest BCUT2D eigenvalue weighted by Crippen LogP contribution is -2.29. The normalized spacial score (nSPS) is 11.1. The highest BCUT2D eigenvalue weighted by Crippen LogP contribution is 2.37. The number of rotatable bonds is 5. The Labute approximate surface area is 162 Å². The van der Waals surface area contributed by atoms with Gasteiger partial charge in [-0.05, 0) is 35.4 Å². The largest absolute Gasteiger partial charge is 0.505 e. The molecule has 136 valence electrons. The molecular formula is C23H21NO2S. The third kappa shape index (κ3) is 3.40. The van der Waals surface area contributed by atoms with Crippen molar-refractivity contribution in [2.45, 2.75) is 26.3 Å². The van der Waals surface area contributed by atoms with E-state index in [-0.39, 0.29) is 11.7 Å². The number of phenolic OH excluding ortho intramolecular Hbond substituents is 1. The van der Waals surface area contributed by atoms with Crippen molar-refractivity contribution in [1.82, 2.24) is 0 Å². The zero-order valence-corrected chi connectivity index (χ0v) is 16.0. The molecule has 0 saturated carbocycles. The molecule has 0 bridgehead atoms. The van der Waals surface area contributed by atoms with E-state index in [1.807, 2.05) is 55.5 Å². The van der Waals surface area contributed by atoms with Crippen LogP contribution >= 0.6 is 11.3 Å². The number of thiophene rings is 1. The predicted molar refractivity (Wildman–Crippen MR) is 114 cm³/mol. The minimum atomic E-state index is 0.0283. The van der Waals surface area contributed by atoms with Crippen molar-refractivity contribution in [1.29, 1.82) is 0 Å². The molecule has 0 aliphatic rings. The van der Waals surface area contributed by atoms with Gasteiger partial charge in [0.1, 0.15) is 5.75 Å². The number of fused-ring (bicyclic) bond motifs is 2. The quantitative estimate of drug-likeness (QED) is 0.458. The zero-order valence-electron chi connectivity index (χ0n) is 15.2. The van der Waals surface area contributed by atoms with Crippen LogP contribution < -0.4 is 4.90 Å². The van der Waals surface area contributed by atoms with Crippen molar-refractivity contribution >= 4 is 43.8 Å². The molecule has 4 aromatic rings. The molecule has 0 spiro atoms. The Kier molecular flexibility index (Phi) is 4.82. The SMILES string of the molecule is CCCC(=O)N(Cc1cc2ccccc2s1)c1ccc2ccccc2c1O. The smallest absolute Gasteiger partial charge is 0.227 e.